The van der Waals surface area contributed by atoms with Crippen molar-refractivity contribution in [3.05, 3.63) is 203 Å². The van der Waals surface area contributed by atoms with Crippen molar-refractivity contribution in [2.24, 2.45) is 11.7 Å². The van der Waals surface area contributed by atoms with Gasteiger partial charge in [-0.15, -0.1) is 23.1 Å². The van der Waals surface area contributed by atoms with Gasteiger partial charge in [-0.1, -0.05) is 174 Å². The van der Waals surface area contributed by atoms with Crippen LogP contribution in [0.15, 0.2) is 169 Å². The van der Waals surface area contributed by atoms with E-state index in [-0.39, 0.29) is 93.9 Å². The molecule has 2 aliphatic heterocycles. The number of unbranched alkanes of at least 4 members (excludes halogenated alkanes) is 1. The number of thioether (sulfide) groups is 1. The molecule has 7 aromatic rings. The SMILES string of the molecule is CCCC[C@H]1C(=O)N2CCC[C@@H]2C(=O)N[C@@H](CO)C(=O)N[C@@H](CC)C(=O)N(C)[C@@H](Cc2ccccc2)C(=O)N[C@@H](Cc2ccc(O)cc2)C(=O)N(C)CC(=O)N[C@@H](Cc2csc3ccccc23)C(=O)N[C@@H](Cc2ccc(O)cc2)C(=O)N[C@@H](CC(C)C)C(=O)N[C@H](C(=O)NCC(N)=O)CSCC(=O)N[C@@H](Cc2ccccc2)C(=O)N(C)[C@@H](Cc2ccccc2)C(=O)N1C. The molecule has 33 nitrogen and oxygen atoms in total. The predicted molar refractivity (Wildman–Crippen MR) is 483 cm³/mol. The van der Waals surface area contributed by atoms with E-state index in [1.165, 1.54) is 103 Å². The molecular formula is C93H117N15O18S2. The minimum atomic E-state index is -1.72. The number of phenolic OH excluding ortho intramolecular Hbond substituents is 2. The topological polar surface area (TPSA) is 467 Å². The zero-order valence-electron chi connectivity index (χ0n) is 73.2. The van der Waals surface area contributed by atoms with Crippen molar-refractivity contribution in [2.75, 3.05) is 65.9 Å². The standard InChI is InChI=1S/C93H117N15O18S2/c1-9-11-31-75-93(126)108-42-23-32-74(108)87(120)102-72(52-109)86(119)98-66(10-2)90(123)106(7)76(47-58-26-17-13-18-27-58)88(121)101-70(46-61-36-40-64(111)41-37-61)89(122)104(5)51-80(113)96-69(49-62-53-128-78-33-22-21-30-65(62)78)85(118)100-68(44-60-34-38-63(110)39-35-60)84(117)99-67(43-56(3)4)83(116)103-73(82(115)95-50-79(94)112)54-127-55-81(114)97-71(45-57-24-15-12-16-25-57)91(124)107(8)77(92(125)105(75)6)48-59-28-19-14-20-29-59/h12-22,24-30,33-41,53,56,66-77,109-111H,9-11,23,31-32,42-52,54-55H2,1-8H3,(H2,94,112)(H,95,115)(H,96,113)(H,97,114)(H,98,119)(H,99,117)(H,100,118)(H,101,121)(H,102,120)(H,103,116)/t66-,67-,68-,69-,70-,71-,72-,73-,74+,75-,76-,77-/m0/s1. The number of aliphatic hydroxyl groups excluding tert-OH is 1. The maximum Gasteiger partial charge on any atom is 0.246 e. The number of phenols is 2. The molecule has 128 heavy (non-hydrogen) atoms. The third-order valence-electron chi connectivity index (χ3n) is 22.6. The molecular weight excluding hydrogens is 1680 g/mol. The van der Waals surface area contributed by atoms with Crippen LogP contribution < -0.4 is 53.6 Å². The number of primary amides is 1. The smallest absolute Gasteiger partial charge is 0.246 e. The minimum Gasteiger partial charge on any atom is -0.508 e. The normalized spacial score (nSPS) is 23.0. The Balaban J connectivity index is 1.10. The fraction of sp³-hybridized carbons (Fsp3) is 0.430. The molecule has 2 aliphatic rings. The van der Waals surface area contributed by atoms with Crippen molar-refractivity contribution >= 4 is 122 Å². The largest absolute Gasteiger partial charge is 0.508 e. The van der Waals surface area contributed by atoms with E-state index in [9.17, 15) is 48.9 Å². The van der Waals surface area contributed by atoms with Crippen molar-refractivity contribution < 1.29 is 87.2 Å². The number of hydrogen-bond donors (Lipinski definition) is 13. The number of benzene rings is 6. The Bertz CT molecular complexity index is 5010. The lowest BCUT2D eigenvalue weighted by Gasteiger charge is -2.38. The van der Waals surface area contributed by atoms with Gasteiger partial charge in [-0.05, 0) is 113 Å². The molecule has 14 N–H and O–H groups in total. The molecule has 3 heterocycles. The van der Waals surface area contributed by atoms with E-state index in [1.807, 2.05) is 25.1 Å². The predicted octanol–water partition coefficient (Wildman–Crippen LogP) is 2.86. The monoisotopic (exact) mass is 1800 g/mol. The first-order valence-electron chi connectivity index (χ1n) is 42.9. The summed E-state index contributed by atoms with van der Waals surface area (Å²) in [5.41, 5.74) is 8.70. The van der Waals surface area contributed by atoms with E-state index in [0.717, 1.165) is 31.6 Å². The number of amides is 15. The van der Waals surface area contributed by atoms with Crippen LogP contribution in [0.2, 0.25) is 0 Å². The average Bonchev–Trinajstić information content (AvgIpc) is 1.50. The summed E-state index contributed by atoms with van der Waals surface area (Å²) in [5.74, 6) is -14.1. The van der Waals surface area contributed by atoms with Gasteiger partial charge >= 0.3 is 0 Å². The van der Waals surface area contributed by atoms with Crippen LogP contribution in [-0.2, 0) is 110 Å². The van der Waals surface area contributed by atoms with Gasteiger partial charge in [-0.2, -0.15) is 0 Å². The van der Waals surface area contributed by atoms with Crippen LogP contribution in [0.25, 0.3) is 10.1 Å². The second-order valence-corrected chi connectivity index (χ2v) is 34.7. The summed E-state index contributed by atoms with van der Waals surface area (Å²) in [5, 5.41) is 58.5. The minimum absolute atomic E-state index is 0.0378. The Morgan fingerprint density at radius 3 is 1.52 bits per heavy atom. The Morgan fingerprint density at radius 1 is 0.484 bits per heavy atom. The van der Waals surface area contributed by atoms with Gasteiger partial charge < -0.3 is 93.4 Å². The van der Waals surface area contributed by atoms with Gasteiger partial charge in [-0.3, -0.25) is 71.9 Å². The highest BCUT2D eigenvalue weighted by Crippen LogP contribution is 2.29. The lowest BCUT2D eigenvalue weighted by molar-refractivity contribution is -0.152. The van der Waals surface area contributed by atoms with Gasteiger partial charge in [0, 0.05) is 83.7 Å². The third kappa shape index (κ3) is 28.4. The first-order valence-corrected chi connectivity index (χ1v) is 44.9. The Hall–Kier alpha value is -12.8. The molecule has 0 saturated carbocycles. The molecule has 9 rings (SSSR count). The Kier molecular flexibility index (Phi) is 37.3. The number of rotatable bonds is 22. The zero-order chi connectivity index (χ0) is 92.8. The van der Waals surface area contributed by atoms with E-state index in [0.29, 0.717) is 52.6 Å². The summed E-state index contributed by atoms with van der Waals surface area (Å²) in [6, 6.07) is 27.4. The number of carbonyl (C=O) groups excluding carboxylic acids is 15. The van der Waals surface area contributed by atoms with E-state index in [1.54, 1.807) is 123 Å². The average molecular weight is 1800 g/mol. The van der Waals surface area contributed by atoms with Crippen molar-refractivity contribution in [3.8, 4) is 11.5 Å². The van der Waals surface area contributed by atoms with Crippen LogP contribution in [0.5, 0.6) is 11.5 Å². The highest BCUT2D eigenvalue weighted by Gasteiger charge is 2.45. The molecule has 0 unspecified atom stereocenters. The summed E-state index contributed by atoms with van der Waals surface area (Å²) in [4.78, 5) is 229. The molecule has 2 fully saturated rings. The van der Waals surface area contributed by atoms with Gasteiger partial charge in [0.25, 0.3) is 0 Å². The van der Waals surface area contributed by atoms with E-state index in [2.05, 4.69) is 47.9 Å². The fourth-order valence-electron chi connectivity index (χ4n) is 15.5. The first-order chi connectivity index (χ1) is 61.2. The maximum atomic E-state index is 15.7. The molecule has 6 aromatic carbocycles. The van der Waals surface area contributed by atoms with E-state index in [4.69, 9.17) is 5.73 Å². The number of likely N-dealkylation sites (N-methyl/N-ethyl adjacent to an activating group) is 4. The number of aliphatic hydroxyl groups is 1. The van der Waals surface area contributed by atoms with Crippen LogP contribution >= 0.6 is 23.1 Å². The molecule has 0 spiro atoms. The highest BCUT2D eigenvalue weighted by molar-refractivity contribution is 8.00. The number of thiophene rings is 1. The number of aromatic hydroxyl groups is 2. The summed E-state index contributed by atoms with van der Waals surface area (Å²) in [6.07, 6.45) is 0.226. The van der Waals surface area contributed by atoms with Crippen molar-refractivity contribution in [3.63, 3.8) is 0 Å². The molecule has 684 valence electrons. The maximum absolute atomic E-state index is 15.7. The molecule has 12 atom stereocenters. The Labute approximate surface area is 752 Å². The van der Waals surface area contributed by atoms with E-state index < -0.39 is 187 Å². The summed E-state index contributed by atoms with van der Waals surface area (Å²) in [7, 11) is 5.45. The molecule has 0 radical (unpaired) electrons. The number of nitrogens with one attached hydrogen (secondary N) is 9. The quantitative estimate of drug-likeness (QED) is 0.0464. The highest BCUT2D eigenvalue weighted by atomic mass is 32.2. The summed E-state index contributed by atoms with van der Waals surface area (Å²) in [6.45, 7) is 4.60. The van der Waals surface area contributed by atoms with Crippen LogP contribution in [0.3, 0.4) is 0 Å². The van der Waals surface area contributed by atoms with Crippen LogP contribution in [0.1, 0.15) is 106 Å². The van der Waals surface area contributed by atoms with Gasteiger partial charge in [-0.25, -0.2) is 0 Å². The van der Waals surface area contributed by atoms with Crippen molar-refractivity contribution in [2.45, 2.75) is 184 Å². The second-order valence-electron chi connectivity index (χ2n) is 32.7. The molecule has 0 bridgehead atoms. The van der Waals surface area contributed by atoms with Gasteiger partial charge in [0.15, 0.2) is 0 Å². The molecule has 2 saturated heterocycles. The second kappa shape index (κ2) is 48.3. The molecule has 15 amide bonds. The number of fused-ring (bicyclic) bond motifs is 2. The zero-order valence-corrected chi connectivity index (χ0v) is 74.8. The van der Waals surface area contributed by atoms with Gasteiger partial charge in [0.1, 0.15) is 84.0 Å². The number of nitrogens with two attached hydrogens (primary N) is 1. The molecule has 35 heteroatoms. The lowest BCUT2D eigenvalue weighted by Crippen LogP contribution is -2.61. The van der Waals surface area contributed by atoms with Crippen LogP contribution in [-0.4, -0.2) is 267 Å². The third-order valence-corrected chi connectivity index (χ3v) is 24.7. The Morgan fingerprint density at radius 2 is 0.953 bits per heavy atom. The molecule has 1 aromatic heterocycles. The van der Waals surface area contributed by atoms with Crippen LogP contribution in [0, 0.1) is 5.92 Å². The van der Waals surface area contributed by atoms with Crippen molar-refractivity contribution in [1.82, 2.24) is 72.4 Å². The first kappa shape index (κ1) is 99.0. The van der Waals surface area contributed by atoms with Gasteiger partial charge in [0.2, 0.25) is 88.6 Å². The lowest BCUT2D eigenvalue weighted by atomic mass is 9.99. The van der Waals surface area contributed by atoms with Gasteiger partial charge in [0.05, 0.1) is 25.4 Å². The fourth-order valence-corrected chi connectivity index (χ4v) is 17.3. The molecule has 0 aliphatic carbocycles. The van der Waals surface area contributed by atoms with Crippen LogP contribution in [0.4, 0.5) is 0 Å². The number of hydrogen-bond acceptors (Lipinski definition) is 20. The van der Waals surface area contributed by atoms with Crippen molar-refractivity contribution in [1.29, 1.82) is 0 Å². The summed E-state index contributed by atoms with van der Waals surface area (Å²) < 4.78 is 0.831. The number of carbonyl (C=O) groups is 15. The summed E-state index contributed by atoms with van der Waals surface area (Å²) >= 11 is 2.21. The van der Waals surface area contributed by atoms with E-state index >= 15 is 38.4 Å². The number of nitrogens with zero attached hydrogens (tertiary/aromatic N) is 5.